The van der Waals surface area contributed by atoms with Crippen LogP contribution in [0.25, 0.3) is 0 Å². The smallest absolute Gasteiger partial charge is 0.126 e. The minimum Gasteiger partial charge on any atom is -0.380 e. The molecule has 4 heteroatoms. The highest BCUT2D eigenvalue weighted by Crippen LogP contribution is 2.20. The van der Waals surface area contributed by atoms with Gasteiger partial charge in [-0.3, -0.25) is 0 Å². The molecule has 1 aliphatic heterocycles. The van der Waals surface area contributed by atoms with Crippen LogP contribution in [0.4, 0.5) is 4.39 Å². The minimum atomic E-state index is -0.112. The van der Waals surface area contributed by atoms with Crippen LogP contribution in [-0.2, 0) is 4.74 Å². The Morgan fingerprint density at radius 3 is 2.95 bits per heavy atom. The fourth-order valence-electron chi connectivity index (χ4n) is 2.79. The van der Waals surface area contributed by atoms with Crippen LogP contribution in [0.15, 0.2) is 18.2 Å². The molecule has 0 saturated carbocycles. The maximum absolute atomic E-state index is 13.8. The van der Waals surface area contributed by atoms with Crippen molar-refractivity contribution >= 4 is 0 Å². The fourth-order valence-corrected chi connectivity index (χ4v) is 2.79. The summed E-state index contributed by atoms with van der Waals surface area (Å²) >= 11 is 0. The van der Waals surface area contributed by atoms with Gasteiger partial charge in [-0.1, -0.05) is 19.1 Å². The third kappa shape index (κ3) is 5.06. The molecule has 1 atom stereocenters. The number of nitrogens with zero attached hydrogens (tertiary/aromatic N) is 1. The minimum absolute atomic E-state index is 0.112. The molecule has 1 aromatic rings. The SMILES string of the molecule is CCNC(CCN1CCCOCC1)c1ccc(C)c(F)c1. The van der Waals surface area contributed by atoms with Gasteiger partial charge in [0.2, 0.25) is 0 Å². The van der Waals surface area contributed by atoms with E-state index in [1.54, 1.807) is 13.0 Å². The first-order chi connectivity index (χ1) is 10.2. The number of hydrogen-bond donors (Lipinski definition) is 1. The number of hydrogen-bond acceptors (Lipinski definition) is 3. The Hall–Kier alpha value is -0.970. The molecule has 21 heavy (non-hydrogen) atoms. The number of nitrogens with one attached hydrogen (secondary N) is 1. The Morgan fingerprint density at radius 2 is 2.19 bits per heavy atom. The van der Waals surface area contributed by atoms with Crippen LogP contribution >= 0.6 is 0 Å². The van der Waals surface area contributed by atoms with Gasteiger partial charge in [0.15, 0.2) is 0 Å². The zero-order chi connectivity index (χ0) is 15.1. The van der Waals surface area contributed by atoms with Gasteiger partial charge in [-0.2, -0.15) is 0 Å². The molecule has 1 N–H and O–H groups in total. The predicted molar refractivity (Wildman–Crippen MR) is 84.0 cm³/mol. The van der Waals surface area contributed by atoms with Gasteiger partial charge in [-0.15, -0.1) is 0 Å². The van der Waals surface area contributed by atoms with Crippen LogP contribution in [0, 0.1) is 12.7 Å². The van der Waals surface area contributed by atoms with Crippen LogP contribution < -0.4 is 5.32 Å². The van der Waals surface area contributed by atoms with E-state index in [2.05, 4.69) is 17.1 Å². The number of aryl methyl sites for hydroxylation is 1. The van der Waals surface area contributed by atoms with E-state index in [1.165, 1.54) is 0 Å². The molecule has 3 nitrogen and oxygen atoms in total. The first-order valence-electron chi connectivity index (χ1n) is 8.00. The van der Waals surface area contributed by atoms with Gasteiger partial charge in [-0.25, -0.2) is 4.39 Å². The molecule has 1 saturated heterocycles. The molecule has 1 unspecified atom stereocenters. The van der Waals surface area contributed by atoms with E-state index in [4.69, 9.17) is 4.74 Å². The lowest BCUT2D eigenvalue weighted by Gasteiger charge is -2.24. The summed E-state index contributed by atoms with van der Waals surface area (Å²) in [6.45, 7) is 9.61. The molecule has 0 aromatic heterocycles. The summed E-state index contributed by atoms with van der Waals surface area (Å²) in [7, 11) is 0. The van der Waals surface area contributed by atoms with E-state index in [0.29, 0.717) is 5.56 Å². The second kappa shape index (κ2) is 8.47. The van der Waals surface area contributed by atoms with Crippen molar-refractivity contribution in [1.29, 1.82) is 0 Å². The molecular formula is C17H27FN2O. The normalized spacial score (nSPS) is 18.4. The fraction of sp³-hybridized carbons (Fsp3) is 0.647. The quantitative estimate of drug-likeness (QED) is 0.873. The van der Waals surface area contributed by atoms with Crippen LogP contribution in [0.2, 0.25) is 0 Å². The monoisotopic (exact) mass is 294 g/mol. The maximum atomic E-state index is 13.8. The Morgan fingerprint density at radius 1 is 1.33 bits per heavy atom. The van der Waals surface area contributed by atoms with Crippen LogP contribution in [0.1, 0.15) is 36.9 Å². The largest absolute Gasteiger partial charge is 0.380 e. The molecule has 1 aromatic carbocycles. The number of rotatable bonds is 6. The molecule has 0 bridgehead atoms. The first-order valence-corrected chi connectivity index (χ1v) is 8.00. The average Bonchev–Trinajstić information content (AvgIpc) is 2.75. The Balaban J connectivity index is 1.95. The van der Waals surface area contributed by atoms with E-state index < -0.39 is 0 Å². The highest BCUT2D eigenvalue weighted by Gasteiger charge is 2.15. The lowest BCUT2D eigenvalue weighted by atomic mass is 10.0. The topological polar surface area (TPSA) is 24.5 Å². The highest BCUT2D eigenvalue weighted by atomic mass is 19.1. The van der Waals surface area contributed by atoms with E-state index in [-0.39, 0.29) is 11.9 Å². The third-order valence-electron chi connectivity index (χ3n) is 4.10. The molecular weight excluding hydrogens is 267 g/mol. The molecule has 0 amide bonds. The molecule has 118 valence electrons. The van der Waals surface area contributed by atoms with Gasteiger partial charge < -0.3 is 15.0 Å². The summed E-state index contributed by atoms with van der Waals surface area (Å²) in [5.41, 5.74) is 1.75. The van der Waals surface area contributed by atoms with Crippen molar-refractivity contribution < 1.29 is 9.13 Å². The maximum Gasteiger partial charge on any atom is 0.126 e. The van der Waals surface area contributed by atoms with Gasteiger partial charge in [-0.05, 0) is 43.5 Å². The lowest BCUT2D eigenvalue weighted by molar-refractivity contribution is 0.140. The number of benzene rings is 1. The summed E-state index contributed by atoms with van der Waals surface area (Å²) in [5, 5.41) is 3.48. The van der Waals surface area contributed by atoms with E-state index in [9.17, 15) is 4.39 Å². The van der Waals surface area contributed by atoms with E-state index in [1.807, 2.05) is 12.1 Å². The zero-order valence-corrected chi connectivity index (χ0v) is 13.2. The Kier molecular flexibility index (Phi) is 6.61. The van der Waals surface area contributed by atoms with Crippen LogP contribution in [0.5, 0.6) is 0 Å². The van der Waals surface area contributed by atoms with Gasteiger partial charge in [0, 0.05) is 32.3 Å². The summed E-state index contributed by atoms with van der Waals surface area (Å²) < 4.78 is 19.3. The van der Waals surface area contributed by atoms with Crippen molar-refractivity contribution in [3.63, 3.8) is 0 Å². The Bertz CT molecular complexity index is 431. The first kappa shape index (κ1) is 16.4. The zero-order valence-electron chi connectivity index (χ0n) is 13.2. The van der Waals surface area contributed by atoms with Crippen LogP contribution in [0.3, 0.4) is 0 Å². The number of ether oxygens (including phenoxy) is 1. The van der Waals surface area contributed by atoms with Crippen molar-refractivity contribution in [2.24, 2.45) is 0 Å². The van der Waals surface area contributed by atoms with Crippen molar-refractivity contribution in [3.8, 4) is 0 Å². The third-order valence-corrected chi connectivity index (χ3v) is 4.10. The molecule has 0 spiro atoms. The molecule has 1 fully saturated rings. The van der Waals surface area contributed by atoms with Crippen molar-refractivity contribution in [1.82, 2.24) is 10.2 Å². The van der Waals surface area contributed by atoms with Gasteiger partial charge in [0.1, 0.15) is 5.82 Å². The summed E-state index contributed by atoms with van der Waals surface area (Å²) in [5.74, 6) is -0.112. The second-order valence-corrected chi connectivity index (χ2v) is 5.72. The average molecular weight is 294 g/mol. The molecule has 1 aliphatic rings. The Labute approximate surface area is 127 Å². The van der Waals surface area contributed by atoms with E-state index >= 15 is 0 Å². The van der Waals surface area contributed by atoms with Gasteiger partial charge in [0.05, 0.1) is 6.61 Å². The molecule has 1 heterocycles. The van der Waals surface area contributed by atoms with Crippen molar-refractivity contribution in [2.75, 3.05) is 39.4 Å². The molecule has 0 radical (unpaired) electrons. The lowest BCUT2D eigenvalue weighted by Crippen LogP contribution is -2.31. The summed E-state index contributed by atoms with van der Waals surface area (Å²) in [6.07, 6.45) is 2.10. The standard InChI is InChI=1S/C17H27FN2O/c1-3-19-17(15-6-5-14(2)16(18)13-15)7-9-20-8-4-11-21-12-10-20/h5-6,13,17,19H,3-4,7-12H2,1-2H3. The second-order valence-electron chi connectivity index (χ2n) is 5.72. The highest BCUT2D eigenvalue weighted by molar-refractivity contribution is 5.25. The van der Waals surface area contributed by atoms with Gasteiger partial charge >= 0.3 is 0 Å². The molecule has 0 aliphatic carbocycles. The van der Waals surface area contributed by atoms with Crippen LogP contribution in [-0.4, -0.2) is 44.3 Å². The summed E-state index contributed by atoms with van der Waals surface area (Å²) in [6, 6.07) is 5.80. The van der Waals surface area contributed by atoms with Crippen molar-refractivity contribution in [2.45, 2.75) is 32.7 Å². The van der Waals surface area contributed by atoms with Crippen molar-refractivity contribution in [3.05, 3.63) is 35.1 Å². The molecule has 2 rings (SSSR count). The van der Waals surface area contributed by atoms with Gasteiger partial charge in [0.25, 0.3) is 0 Å². The van der Waals surface area contributed by atoms with E-state index in [0.717, 1.165) is 57.8 Å². The number of halogens is 1. The summed E-state index contributed by atoms with van der Waals surface area (Å²) in [4.78, 5) is 2.45. The predicted octanol–water partition coefficient (Wildman–Crippen LogP) is 2.90.